The molecule has 1 aliphatic heterocycles. The molecule has 1 heterocycles. The molecule has 2 rings (SSSR count). The van der Waals surface area contributed by atoms with E-state index in [1.807, 2.05) is 0 Å². The van der Waals surface area contributed by atoms with Crippen LogP contribution in [-0.2, 0) is 20.9 Å². The Morgan fingerprint density at radius 2 is 1.90 bits per heavy atom. The minimum atomic E-state index is -1.01. The first-order valence-electron chi connectivity index (χ1n) is 6.64. The molecule has 0 bridgehead atoms. The molecule has 0 spiro atoms. The van der Waals surface area contributed by atoms with E-state index < -0.39 is 11.4 Å². The van der Waals surface area contributed by atoms with Gasteiger partial charge in [-0.15, -0.1) is 0 Å². The number of amides is 2. The molecule has 0 radical (unpaired) electrons. The van der Waals surface area contributed by atoms with Crippen molar-refractivity contribution < 1.29 is 19.5 Å². The Hall–Kier alpha value is -2.43. The Labute approximate surface area is 122 Å². The highest BCUT2D eigenvalue weighted by Gasteiger charge is 2.44. The van der Waals surface area contributed by atoms with Crippen molar-refractivity contribution in [3.63, 3.8) is 0 Å². The summed E-state index contributed by atoms with van der Waals surface area (Å²) in [6, 6.07) is 7.08. The largest absolute Gasteiger partial charge is 0.478 e. The standard InChI is InChI=1S/C16H17NO4/c1-16(2)9-13(18)17(15(16)21)10-12-5-3-11(4-6-12)7-8-14(19)20/h3-8H,9-10H2,1-2H3,(H,19,20). The molecular formula is C16H17NO4. The van der Waals surface area contributed by atoms with Gasteiger partial charge in [-0.25, -0.2) is 4.79 Å². The molecule has 1 aromatic rings. The van der Waals surface area contributed by atoms with Crippen LogP contribution in [0.4, 0.5) is 0 Å². The highest BCUT2D eigenvalue weighted by Crippen LogP contribution is 2.32. The number of imide groups is 1. The number of carboxylic acids is 1. The zero-order valence-electron chi connectivity index (χ0n) is 12.0. The highest BCUT2D eigenvalue weighted by molar-refractivity contribution is 6.05. The highest BCUT2D eigenvalue weighted by atomic mass is 16.4. The van der Waals surface area contributed by atoms with Gasteiger partial charge in [-0.1, -0.05) is 38.1 Å². The van der Waals surface area contributed by atoms with Crippen molar-refractivity contribution in [2.45, 2.75) is 26.8 Å². The fraction of sp³-hybridized carbons (Fsp3) is 0.312. The van der Waals surface area contributed by atoms with E-state index in [1.54, 1.807) is 38.1 Å². The van der Waals surface area contributed by atoms with Crippen LogP contribution in [0.15, 0.2) is 30.3 Å². The van der Waals surface area contributed by atoms with Crippen molar-refractivity contribution in [3.05, 3.63) is 41.5 Å². The predicted octanol–water partition coefficient (Wildman–Crippen LogP) is 2.07. The molecule has 21 heavy (non-hydrogen) atoms. The van der Waals surface area contributed by atoms with Gasteiger partial charge < -0.3 is 5.11 Å². The van der Waals surface area contributed by atoms with Gasteiger partial charge in [0.05, 0.1) is 12.0 Å². The van der Waals surface area contributed by atoms with Gasteiger partial charge in [-0.3, -0.25) is 14.5 Å². The van der Waals surface area contributed by atoms with Crippen LogP contribution >= 0.6 is 0 Å². The SMILES string of the molecule is CC1(C)CC(=O)N(Cc2ccc(C=CC(=O)O)cc2)C1=O. The molecule has 0 saturated carbocycles. The predicted molar refractivity (Wildman–Crippen MR) is 77.1 cm³/mol. The van der Waals surface area contributed by atoms with E-state index >= 15 is 0 Å². The first kappa shape index (κ1) is 15.0. The van der Waals surface area contributed by atoms with Gasteiger partial charge in [0.1, 0.15) is 0 Å². The van der Waals surface area contributed by atoms with Gasteiger partial charge in [-0.05, 0) is 17.2 Å². The maximum Gasteiger partial charge on any atom is 0.328 e. The topological polar surface area (TPSA) is 74.7 Å². The third-order valence-electron chi connectivity index (χ3n) is 3.46. The van der Waals surface area contributed by atoms with E-state index in [-0.39, 0.29) is 24.8 Å². The van der Waals surface area contributed by atoms with Gasteiger partial charge >= 0.3 is 5.97 Å². The van der Waals surface area contributed by atoms with Crippen LogP contribution in [-0.4, -0.2) is 27.8 Å². The number of nitrogens with zero attached hydrogens (tertiary/aromatic N) is 1. The fourth-order valence-corrected chi connectivity index (χ4v) is 2.27. The van der Waals surface area contributed by atoms with Crippen LogP contribution in [0, 0.1) is 5.41 Å². The number of aliphatic carboxylic acids is 1. The second-order valence-corrected chi connectivity index (χ2v) is 5.76. The minimum absolute atomic E-state index is 0.151. The van der Waals surface area contributed by atoms with E-state index in [2.05, 4.69) is 0 Å². The third kappa shape index (κ3) is 3.37. The number of hydrogen-bond acceptors (Lipinski definition) is 3. The van der Waals surface area contributed by atoms with E-state index in [0.29, 0.717) is 0 Å². The monoisotopic (exact) mass is 287 g/mol. The van der Waals surface area contributed by atoms with E-state index in [4.69, 9.17) is 5.11 Å². The smallest absolute Gasteiger partial charge is 0.328 e. The summed E-state index contributed by atoms with van der Waals surface area (Å²) < 4.78 is 0. The van der Waals surface area contributed by atoms with Gasteiger partial charge in [-0.2, -0.15) is 0 Å². The van der Waals surface area contributed by atoms with Crippen molar-refractivity contribution in [2.75, 3.05) is 0 Å². The molecule has 0 atom stereocenters. The molecule has 1 N–H and O–H groups in total. The number of benzene rings is 1. The zero-order valence-corrected chi connectivity index (χ0v) is 12.0. The average Bonchev–Trinajstić information content (AvgIpc) is 2.60. The molecule has 0 unspecified atom stereocenters. The first-order chi connectivity index (χ1) is 9.79. The van der Waals surface area contributed by atoms with E-state index in [9.17, 15) is 14.4 Å². The van der Waals surface area contributed by atoms with Crippen molar-refractivity contribution in [2.24, 2.45) is 5.41 Å². The van der Waals surface area contributed by atoms with Crippen LogP contribution < -0.4 is 0 Å². The number of carboxylic acid groups (broad SMARTS) is 1. The molecule has 5 nitrogen and oxygen atoms in total. The summed E-state index contributed by atoms with van der Waals surface area (Å²) in [5.74, 6) is -1.31. The average molecular weight is 287 g/mol. The normalized spacial score (nSPS) is 17.7. The number of hydrogen-bond donors (Lipinski definition) is 1. The number of carbonyl (C=O) groups excluding carboxylic acids is 2. The summed E-state index contributed by atoms with van der Waals surface area (Å²) in [6.07, 6.45) is 2.79. The van der Waals surface area contributed by atoms with Gasteiger partial charge in [0, 0.05) is 12.5 Å². The number of carbonyl (C=O) groups is 3. The summed E-state index contributed by atoms with van der Waals surface area (Å²) >= 11 is 0. The fourth-order valence-electron chi connectivity index (χ4n) is 2.27. The summed E-state index contributed by atoms with van der Waals surface area (Å²) in [4.78, 5) is 35.7. The molecule has 1 aliphatic rings. The first-order valence-corrected chi connectivity index (χ1v) is 6.64. The second kappa shape index (κ2) is 5.52. The Balaban J connectivity index is 2.09. The Kier molecular flexibility index (Phi) is 3.93. The molecule has 1 saturated heterocycles. The maximum absolute atomic E-state index is 12.1. The molecule has 0 aliphatic carbocycles. The van der Waals surface area contributed by atoms with E-state index in [1.165, 1.54) is 11.0 Å². The number of rotatable bonds is 4. The lowest BCUT2D eigenvalue weighted by atomic mass is 9.92. The van der Waals surface area contributed by atoms with Crippen molar-refractivity contribution in [3.8, 4) is 0 Å². The summed E-state index contributed by atoms with van der Waals surface area (Å²) in [5, 5.41) is 8.56. The summed E-state index contributed by atoms with van der Waals surface area (Å²) in [6.45, 7) is 3.80. The van der Waals surface area contributed by atoms with Gasteiger partial charge in [0.15, 0.2) is 0 Å². The Morgan fingerprint density at radius 3 is 2.38 bits per heavy atom. The van der Waals surface area contributed by atoms with Crippen LogP contribution in [0.25, 0.3) is 6.08 Å². The molecule has 110 valence electrons. The lowest BCUT2D eigenvalue weighted by molar-refractivity contribution is -0.141. The van der Waals surface area contributed by atoms with Gasteiger partial charge in [0.2, 0.25) is 11.8 Å². The summed E-state index contributed by atoms with van der Waals surface area (Å²) in [5.41, 5.74) is 0.962. The lowest BCUT2D eigenvalue weighted by Gasteiger charge is -2.17. The molecule has 1 aromatic carbocycles. The Bertz CT molecular complexity index is 614. The van der Waals surface area contributed by atoms with Crippen molar-refractivity contribution >= 4 is 23.9 Å². The molecule has 1 fully saturated rings. The summed E-state index contributed by atoms with van der Waals surface area (Å²) in [7, 11) is 0. The molecule has 2 amide bonds. The van der Waals surface area contributed by atoms with Crippen LogP contribution in [0.3, 0.4) is 0 Å². The Morgan fingerprint density at radius 1 is 1.29 bits per heavy atom. The number of likely N-dealkylation sites (tertiary alicyclic amines) is 1. The lowest BCUT2D eigenvalue weighted by Crippen LogP contribution is -2.32. The van der Waals surface area contributed by atoms with Gasteiger partial charge in [0.25, 0.3) is 0 Å². The molecule has 0 aromatic heterocycles. The molecule has 5 heteroatoms. The minimum Gasteiger partial charge on any atom is -0.478 e. The van der Waals surface area contributed by atoms with Crippen LogP contribution in [0.5, 0.6) is 0 Å². The zero-order chi connectivity index (χ0) is 15.6. The van der Waals surface area contributed by atoms with Crippen molar-refractivity contribution in [1.29, 1.82) is 0 Å². The second-order valence-electron chi connectivity index (χ2n) is 5.76. The van der Waals surface area contributed by atoms with Crippen LogP contribution in [0.1, 0.15) is 31.4 Å². The van der Waals surface area contributed by atoms with Crippen molar-refractivity contribution in [1.82, 2.24) is 4.90 Å². The molecular weight excluding hydrogens is 270 g/mol. The third-order valence-corrected chi connectivity index (χ3v) is 3.46. The van der Waals surface area contributed by atoms with Crippen LogP contribution in [0.2, 0.25) is 0 Å². The van der Waals surface area contributed by atoms with E-state index in [0.717, 1.165) is 17.2 Å². The maximum atomic E-state index is 12.1. The quantitative estimate of drug-likeness (QED) is 0.679.